The van der Waals surface area contributed by atoms with E-state index in [2.05, 4.69) is 10.1 Å². The Morgan fingerprint density at radius 1 is 1.20 bits per heavy atom. The van der Waals surface area contributed by atoms with Gasteiger partial charge in [-0.3, -0.25) is 14.9 Å². The first-order valence-electron chi connectivity index (χ1n) is 9.86. The molecule has 2 atom stereocenters. The molecule has 1 fully saturated rings. The van der Waals surface area contributed by atoms with Crippen LogP contribution < -0.4 is 10.1 Å². The molecule has 0 aliphatic carbocycles. The molecule has 1 saturated heterocycles. The molecule has 1 aromatic carbocycles. The third-order valence-corrected chi connectivity index (χ3v) is 7.02. The Kier molecular flexibility index (Phi) is 8.69. The molecule has 0 aromatic heterocycles. The van der Waals surface area contributed by atoms with Gasteiger partial charge in [-0.1, -0.05) is 25.8 Å². The number of unbranched alkanes of at least 4 members (excludes halogenated alkanes) is 2. The van der Waals surface area contributed by atoms with Crippen LogP contribution in [0, 0.1) is 11.7 Å². The summed E-state index contributed by atoms with van der Waals surface area (Å²) in [7, 11) is -3.41. The fraction of sp³-hybridized carbons (Fsp3) is 0.600. The van der Waals surface area contributed by atoms with E-state index in [1.165, 1.54) is 6.07 Å². The van der Waals surface area contributed by atoms with Crippen molar-refractivity contribution in [3.63, 3.8) is 0 Å². The molecule has 1 aliphatic rings. The monoisotopic (exact) mass is 449 g/mol. The van der Waals surface area contributed by atoms with Gasteiger partial charge >= 0.3 is 6.61 Å². The maximum Gasteiger partial charge on any atom is 0.387 e. The Morgan fingerprint density at radius 2 is 1.93 bits per heavy atom. The third-order valence-electron chi connectivity index (χ3n) is 5.11. The van der Waals surface area contributed by atoms with Crippen LogP contribution in [0.2, 0.25) is 0 Å². The van der Waals surface area contributed by atoms with E-state index in [1.54, 1.807) is 6.92 Å². The van der Waals surface area contributed by atoms with E-state index >= 15 is 0 Å². The van der Waals surface area contributed by atoms with Crippen LogP contribution in [0.4, 0.5) is 13.2 Å². The van der Waals surface area contributed by atoms with Crippen LogP contribution in [0.1, 0.15) is 56.9 Å². The van der Waals surface area contributed by atoms with E-state index in [0.717, 1.165) is 12.1 Å². The lowest BCUT2D eigenvalue weighted by atomic mass is 9.92. The first kappa shape index (κ1) is 24.2. The van der Waals surface area contributed by atoms with E-state index in [-0.39, 0.29) is 29.2 Å². The van der Waals surface area contributed by atoms with Crippen molar-refractivity contribution in [3.8, 4) is 5.75 Å². The summed E-state index contributed by atoms with van der Waals surface area (Å²) in [5.74, 6) is -3.02. The number of hydrogen-bond donors (Lipinski definition) is 1. The summed E-state index contributed by atoms with van der Waals surface area (Å²) in [4.78, 5) is 22.8. The van der Waals surface area contributed by atoms with Crippen LogP contribution in [0.25, 0.3) is 0 Å². The zero-order chi connectivity index (χ0) is 22.3. The molecule has 0 saturated carbocycles. The third kappa shape index (κ3) is 7.62. The fourth-order valence-electron chi connectivity index (χ4n) is 3.48. The number of hydrogen-bond acceptors (Lipinski definition) is 5. The number of rotatable bonds is 11. The van der Waals surface area contributed by atoms with Crippen LogP contribution in [0.15, 0.2) is 18.2 Å². The molecule has 0 spiro atoms. The van der Waals surface area contributed by atoms with Gasteiger partial charge in [0.15, 0.2) is 21.4 Å². The van der Waals surface area contributed by atoms with Crippen molar-refractivity contribution in [2.24, 2.45) is 5.92 Å². The molecule has 1 N–H and O–H groups in total. The van der Waals surface area contributed by atoms with Crippen molar-refractivity contribution >= 4 is 21.7 Å². The van der Waals surface area contributed by atoms with E-state index in [0.29, 0.717) is 44.1 Å². The van der Waals surface area contributed by atoms with Crippen molar-refractivity contribution in [1.82, 2.24) is 5.32 Å². The van der Waals surface area contributed by atoms with Gasteiger partial charge in [-0.2, -0.15) is 8.78 Å². The minimum absolute atomic E-state index is 0.0335. The lowest BCUT2D eigenvalue weighted by molar-refractivity contribution is -0.136. The lowest BCUT2D eigenvalue weighted by Crippen LogP contribution is -2.40. The van der Waals surface area contributed by atoms with Gasteiger partial charge in [-0.25, -0.2) is 12.8 Å². The van der Waals surface area contributed by atoms with E-state index in [1.807, 2.05) is 0 Å². The number of amides is 2. The van der Waals surface area contributed by atoms with Crippen molar-refractivity contribution in [2.45, 2.75) is 58.0 Å². The van der Waals surface area contributed by atoms with Gasteiger partial charge in [0.25, 0.3) is 0 Å². The molecule has 6 nitrogen and oxygen atoms in total. The number of carbonyl (C=O) groups is 2. The first-order valence-corrected chi connectivity index (χ1v) is 11.7. The summed E-state index contributed by atoms with van der Waals surface area (Å²) >= 11 is 0. The first-order chi connectivity index (χ1) is 14.1. The number of alkyl halides is 2. The Morgan fingerprint density at radius 3 is 2.60 bits per heavy atom. The topological polar surface area (TPSA) is 89.5 Å². The fourth-order valence-corrected chi connectivity index (χ4v) is 5.24. The summed E-state index contributed by atoms with van der Waals surface area (Å²) in [5, 5.41) is 2.30. The molecule has 2 amide bonds. The zero-order valence-corrected chi connectivity index (χ0v) is 17.5. The van der Waals surface area contributed by atoms with E-state index < -0.39 is 33.9 Å². The Labute approximate surface area is 174 Å². The van der Waals surface area contributed by atoms with Crippen LogP contribution >= 0.6 is 0 Å². The quantitative estimate of drug-likeness (QED) is 0.412. The van der Waals surface area contributed by atoms with Crippen molar-refractivity contribution in [1.29, 1.82) is 0 Å². The zero-order valence-electron chi connectivity index (χ0n) is 16.7. The van der Waals surface area contributed by atoms with Crippen LogP contribution in [0.5, 0.6) is 5.75 Å². The van der Waals surface area contributed by atoms with Crippen molar-refractivity contribution in [2.75, 3.05) is 11.5 Å². The Balaban J connectivity index is 1.78. The minimum atomic E-state index is -3.41. The normalized spacial score (nSPS) is 18.4. The Hall–Kier alpha value is -2.10. The molecule has 0 radical (unpaired) electrons. The maximum atomic E-state index is 13.5. The molecule has 2 rings (SSSR count). The molecule has 10 heteroatoms. The number of nitrogens with one attached hydrogen (secondary N) is 1. The number of piperidine rings is 1. The van der Waals surface area contributed by atoms with Gasteiger partial charge in [0, 0.05) is 12.3 Å². The highest BCUT2D eigenvalue weighted by molar-refractivity contribution is 7.91. The average molecular weight is 449 g/mol. The molecular formula is C20H26F3NO5S. The van der Waals surface area contributed by atoms with Crippen molar-refractivity contribution < 1.29 is 35.9 Å². The highest BCUT2D eigenvalue weighted by atomic mass is 32.2. The predicted molar refractivity (Wildman–Crippen MR) is 104 cm³/mol. The molecule has 0 bridgehead atoms. The molecular weight excluding hydrogens is 423 g/mol. The molecule has 1 aliphatic heterocycles. The SMILES string of the molecule is C[C@@H](CS(=O)(=O)CCCCCC1CCC(=O)NC1=O)c1ccc(F)c(OC(F)F)c1. The number of benzene rings is 1. The highest BCUT2D eigenvalue weighted by Gasteiger charge is 2.26. The second-order valence-electron chi connectivity index (χ2n) is 7.58. The largest absolute Gasteiger partial charge is 0.432 e. The standard InChI is InChI=1S/C20H26F3NO5S/c1-13(15-6-8-16(21)17(11-15)29-20(22)23)12-30(27,28)10-4-2-3-5-14-7-9-18(25)24-19(14)26/h6,8,11,13-14,20H,2-5,7,9-10,12H2,1H3,(H,24,25,26)/t13-,14?/m0/s1. The van der Waals surface area contributed by atoms with Crippen LogP contribution in [-0.2, 0) is 19.4 Å². The maximum absolute atomic E-state index is 13.5. The smallest absolute Gasteiger partial charge is 0.387 e. The van der Waals surface area contributed by atoms with Crippen LogP contribution in [-0.4, -0.2) is 38.3 Å². The molecule has 1 heterocycles. The minimum Gasteiger partial charge on any atom is -0.432 e. The lowest BCUT2D eigenvalue weighted by Gasteiger charge is -2.20. The summed E-state index contributed by atoms with van der Waals surface area (Å²) < 4.78 is 67.1. The summed E-state index contributed by atoms with van der Waals surface area (Å²) in [6.45, 7) is -1.55. The number of imide groups is 1. The highest BCUT2D eigenvalue weighted by Crippen LogP contribution is 2.26. The number of carbonyl (C=O) groups excluding carboxylic acids is 2. The van der Waals surface area contributed by atoms with Crippen LogP contribution in [0.3, 0.4) is 0 Å². The predicted octanol–water partition coefficient (Wildman–Crippen LogP) is 3.56. The van der Waals surface area contributed by atoms with Gasteiger partial charge in [0.05, 0.1) is 11.5 Å². The average Bonchev–Trinajstić information content (AvgIpc) is 2.64. The van der Waals surface area contributed by atoms with Gasteiger partial charge in [-0.15, -0.1) is 0 Å². The number of halogens is 3. The van der Waals surface area contributed by atoms with E-state index in [9.17, 15) is 31.2 Å². The number of ether oxygens (including phenoxy) is 1. The summed E-state index contributed by atoms with van der Waals surface area (Å²) in [6, 6.07) is 3.43. The van der Waals surface area contributed by atoms with Gasteiger partial charge in [-0.05, 0) is 42.9 Å². The van der Waals surface area contributed by atoms with Gasteiger partial charge < -0.3 is 4.74 Å². The molecule has 1 unspecified atom stereocenters. The van der Waals surface area contributed by atoms with Gasteiger partial charge in [0.1, 0.15) is 0 Å². The van der Waals surface area contributed by atoms with E-state index in [4.69, 9.17) is 0 Å². The Bertz CT molecular complexity index is 860. The summed E-state index contributed by atoms with van der Waals surface area (Å²) in [6.07, 6.45) is 3.22. The van der Waals surface area contributed by atoms with Gasteiger partial charge in [0.2, 0.25) is 11.8 Å². The number of sulfone groups is 1. The molecule has 1 aromatic rings. The van der Waals surface area contributed by atoms with Crippen molar-refractivity contribution in [3.05, 3.63) is 29.6 Å². The summed E-state index contributed by atoms with van der Waals surface area (Å²) in [5.41, 5.74) is 0.397. The second-order valence-corrected chi connectivity index (χ2v) is 9.81. The second kappa shape index (κ2) is 10.8. The molecule has 168 valence electrons. The molecule has 30 heavy (non-hydrogen) atoms.